The summed E-state index contributed by atoms with van der Waals surface area (Å²) in [5, 5.41) is 18.0. The van der Waals surface area contributed by atoms with Crippen LogP contribution in [0.5, 0.6) is 5.75 Å². The van der Waals surface area contributed by atoms with Crippen molar-refractivity contribution in [3.63, 3.8) is 0 Å². The minimum Gasteiger partial charge on any atom is -0.497 e. The van der Waals surface area contributed by atoms with Crippen LogP contribution < -0.4 is 15.4 Å². The molecule has 1 aliphatic heterocycles. The average molecular weight is 493 g/mol. The summed E-state index contributed by atoms with van der Waals surface area (Å²) < 4.78 is 10.1. The van der Waals surface area contributed by atoms with Crippen LogP contribution in [0.3, 0.4) is 0 Å². The van der Waals surface area contributed by atoms with Gasteiger partial charge in [0, 0.05) is 29.9 Å². The van der Waals surface area contributed by atoms with Gasteiger partial charge in [-0.2, -0.15) is 0 Å². The third kappa shape index (κ3) is 6.37. The quantitative estimate of drug-likeness (QED) is 0.391. The highest BCUT2D eigenvalue weighted by Crippen LogP contribution is 2.27. The van der Waals surface area contributed by atoms with Gasteiger partial charge in [-0.05, 0) is 74.0 Å². The summed E-state index contributed by atoms with van der Waals surface area (Å²) in [5.41, 5.74) is 2.60. The molecule has 4 rings (SSSR count). The second kappa shape index (κ2) is 11.9. The van der Waals surface area contributed by atoms with Crippen molar-refractivity contribution < 1.29 is 24.2 Å². The number of benzene rings is 2. The van der Waals surface area contributed by atoms with E-state index in [0.717, 1.165) is 48.1 Å². The van der Waals surface area contributed by atoms with Gasteiger partial charge in [0.1, 0.15) is 5.75 Å². The smallest absolute Gasteiger partial charge is 0.337 e. The minimum absolute atomic E-state index is 0.171. The zero-order chi connectivity index (χ0) is 25.5. The van der Waals surface area contributed by atoms with Crippen LogP contribution in [0.1, 0.15) is 34.9 Å². The number of aliphatic hydroxyl groups excluding tert-OH is 1. The standard InChI is InChI=1S/C27H32N4O5/c1-35-21-6-7-24-23(15-21)22(8-11-28-24)25(32)17-31-12-9-19(10-13-31)29-16-26(33)30-20-5-3-4-18(14-20)27(34)36-2/h3-8,11,14-15,19,25,29,32H,9-10,12-13,16-17H2,1-2H3,(H,30,33)/t25-/m0/s1. The number of nitrogens with zero attached hydrogens (tertiary/aromatic N) is 2. The molecule has 0 aliphatic carbocycles. The van der Waals surface area contributed by atoms with E-state index in [-0.39, 0.29) is 18.5 Å². The molecule has 9 nitrogen and oxygen atoms in total. The van der Waals surface area contributed by atoms with E-state index in [1.54, 1.807) is 37.6 Å². The Morgan fingerprint density at radius 3 is 2.69 bits per heavy atom. The first kappa shape index (κ1) is 25.6. The zero-order valence-corrected chi connectivity index (χ0v) is 20.6. The summed E-state index contributed by atoms with van der Waals surface area (Å²) in [6.07, 6.45) is 2.84. The third-order valence-corrected chi connectivity index (χ3v) is 6.48. The lowest BCUT2D eigenvalue weighted by molar-refractivity contribution is -0.115. The normalized spacial score (nSPS) is 15.4. The van der Waals surface area contributed by atoms with E-state index in [1.807, 2.05) is 24.3 Å². The molecule has 1 aromatic heterocycles. The number of piperidine rings is 1. The Morgan fingerprint density at radius 1 is 1.14 bits per heavy atom. The summed E-state index contributed by atoms with van der Waals surface area (Å²) in [4.78, 5) is 30.7. The Bertz CT molecular complexity index is 1210. The van der Waals surface area contributed by atoms with E-state index >= 15 is 0 Å². The number of amides is 1. The average Bonchev–Trinajstić information content (AvgIpc) is 2.91. The Kier molecular flexibility index (Phi) is 8.48. The molecule has 1 fully saturated rings. The van der Waals surface area contributed by atoms with Gasteiger partial charge in [-0.25, -0.2) is 4.79 Å². The number of anilines is 1. The number of carbonyl (C=O) groups is 2. The Labute approximate surface area is 210 Å². The predicted octanol–water partition coefficient (Wildman–Crippen LogP) is 2.76. The van der Waals surface area contributed by atoms with Gasteiger partial charge in [0.25, 0.3) is 0 Å². The molecule has 0 saturated carbocycles. The van der Waals surface area contributed by atoms with Gasteiger partial charge in [-0.3, -0.25) is 9.78 Å². The van der Waals surface area contributed by atoms with Crippen LogP contribution in [-0.4, -0.2) is 73.3 Å². The maximum absolute atomic E-state index is 12.4. The fraction of sp³-hybridized carbons (Fsp3) is 0.370. The van der Waals surface area contributed by atoms with Crippen molar-refractivity contribution in [1.82, 2.24) is 15.2 Å². The van der Waals surface area contributed by atoms with Crippen LogP contribution in [0.15, 0.2) is 54.7 Å². The molecule has 1 saturated heterocycles. The number of esters is 1. The van der Waals surface area contributed by atoms with E-state index in [2.05, 4.69) is 20.5 Å². The number of hydrogen-bond donors (Lipinski definition) is 3. The number of hydrogen-bond acceptors (Lipinski definition) is 8. The third-order valence-electron chi connectivity index (χ3n) is 6.48. The van der Waals surface area contributed by atoms with Gasteiger partial charge < -0.3 is 30.1 Å². The lowest BCUT2D eigenvalue weighted by atomic mass is 10.0. The van der Waals surface area contributed by atoms with Crippen molar-refractivity contribution >= 4 is 28.5 Å². The largest absolute Gasteiger partial charge is 0.497 e. The van der Waals surface area contributed by atoms with Gasteiger partial charge in [0.15, 0.2) is 0 Å². The van der Waals surface area contributed by atoms with E-state index in [1.165, 1.54) is 7.11 Å². The summed E-state index contributed by atoms with van der Waals surface area (Å²) in [7, 11) is 2.94. The number of carbonyl (C=O) groups excluding carboxylic acids is 2. The van der Waals surface area contributed by atoms with Crippen LogP contribution in [0.25, 0.3) is 10.9 Å². The number of likely N-dealkylation sites (tertiary alicyclic amines) is 1. The summed E-state index contributed by atoms with van der Waals surface area (Å²) in [6, 6.07) is 14.4. The molecule has 1 aliphatic rings. The molecule has 3 aromatic rings. The maximum atomic E-state index is 12.4. The molecule has 36 heavy (non-hydrogen) atoms. The highest BCUT2D eigenvalue weighted by atomic mass is 16.5. The molecule has 0 unspecified atom stereocenters. The first-order chi connectivity index (χ1) is 17.5. The van der Waals surface area contributed by atoms with E-state index in [4.69, 9.17) is 9.47 Å². The number of fused-ring (bicyclic) bond motifs is 1. The molecule has 1 atom stereocenters. The number of pyridine rings is 1. The molecule has 2 aromatic carbocycles. The topological polar surface area (TPSA) is 113 Å². The van der Waals surface area contributed by atoms with Crippen molar-refractivity contribution in [3.8, 4) is 5.75 Å². The van der Waals surface area contributed by atoms with Gasteiger partial charge in [-0.1, -0.05) is 6.07 Å². The minimum atomic E-state index is -0.640. The highest BCUT2D eigenvalue weighted by molar-refractivity contribution is 5.95. The molecule has 0 spiro atoms. The lowest BCUT2D eigenvalue weighted by Crippen LogP contribution is -2.45. The monoisotopic (exact) mass is 492 g/mol. The molecule has 190 valence electrons. The first-order valence-electron chi connectivity index (χ1n) is 12.0. The number of ether oxygens (including phenoxy) is 2. The molecule has 9 heteroatoms. The zero-order valence-electron chi connectivity index (χ0n) is 20.6. The lowest BCUT2D eigenvalue weighted by Gasteiger charge is -2.33. The first-order valence-corrected chi connectivity index (χ1v) is 12.0. The fourth-order valence-corrected chi connectivity index (χ4v) is 4.51. The Balaban J connectivity index is 1.24. The van der Waals surface area contributed by atoms with Gasteiger partial charge in [0.05, 0.1) is 37.9 Å². The number of aromatic nitrogens is 1. The second-order valence-electron chi connectivity index (χ2n) is 8.88. The molecule has 1 amide bonds. The molecular formula is C27H32N4O5. The van der Waals surface area contributed by atoms with Crippen molar-refractivity contribution in [2.24, 2.45) is 0 Å². The second-order valence-corrected chi connectivity index (χ2v) is 8.88. The number of β-amino-alcohol motifs (C(OH)–C–C–N with tert-alkyl or cyclic N) is 1. The predicted molar refractivity (Wildman–Crippen MR) is 137 cm³/mol. The maximum Gasteiger partial charge on any atom is 0.337 e. The van der Waals surface area contributed by atoms with Gasteiger partial charge in [0.2, 0.25) is 5.91 Å². The van der Waals surface area contributed by atoms with Crippen molar-refractivity contribution in [2.45, 2.75) is 25.0 Å². The molecule has 2 heterocycles. The Hall–Kier alpha value is -3.53. The van der Waals surface area contributed by atoms with Gasteiger partial charge >= 0.3 is 5.97 Å². The number of nitrogens with one attached hydrogen (secondary N) is 2. The van der Waals surface area contributed by atoms with Crippen LogP contribution in [0.2, 0.25) is 0 Å². The van der Waals surface area contributed by atoms with Crippen LogP contribution in [0.4, 0.5) is 5.69 Å². The Morgan fingerprint density at radius 2 is 1.94 bits per heavy atom. The molecule has 0 bridgehead atoms. The van der Waals surface area contributed by atoms with E-state index in [9.17, 15) is 14.7 Å². The SMILES string of the molecule is COC(=O)c1cccc(NC(=O)CNC2CCN(C[C@H](O)c3ccnc4ccc(OC)cc34)CC2)c1. The fourth-order valence-electron chi connectivity index (χ4n) is 4.51. The summed E-state index contributed by atoms with van der Waals surface area (Å²) >= 11 is 0. The van der Waals surface area contributed by atoms with E-state index < -0.39 is 12.1 Å². The van der Waals surface area contributed by atoms with Crippen molar-refractivity contribution in [2.75, 3.05) is 45.7 Å². The van der Waals surface area contributed by atoms with Gasteiger partial charge in [-0.15, -0.1) is 0 Å². The molecule has 3 N–H and O–H groups in total. The summed E-state index contributed by atoms with van der Waals surface area (Å²) in [5.74, 6) is 0.115. The van der Waals surface area contributed by atoms with E-state index in [0.29, 0.717) is 17.8 Å². The van der Waals surface area contributed by atoms with Crippen LogP contribution >= 0.6 is 0 Å². The van der Waals surface area contributed by atoms with Crippen LogP contribution in [-0.2, 0) is 9.53 Å². The summed E-state index contributed by atoms with van der Waals surface area (Å²) in [6.45, 7) is 2.36. The number of methoxy groups -OCH3 is 2. The molecule has 0 radical (unpaired) electrons. The van der Waals surface area contributed by atoms with Crippen molar-refractivity contribution in [3.05, 3.63) is 65.9 Å². The van der Waals surface area contributed by atoms with Crippen LogP contribution in [0, 0.1) is 0 Å². The number of rotatable bonds is 9. The highest BCUT2D eigenvalue weighted by Gasteiger charge is 2.23. The van der Waals surface area contributed by atoms with Crippen molar-refractivity contribution in [1.29, 1.82) is 0 Å². The molecular weight excluding hydrogens is 460 g/mol. The number of aliphatic hydroxyl groups is 1.